The van der Waals surface area contributed by atoms with Gasteiger partial charge in [0.25, 0.3) is 0 Å². The number of ether oxygens (including phenoxy) is 1. The molecule has 1 N–H and O–H groups in total. The lowest BCUT2D eigenvalue weighted by Crippen LogP contribution is -2.19. The molecule has 0 aromatic rings. The van der Waals surface area contributed by atoms with Gasteiger partial charge >= 0.3 is 11.9 Å². The quantitative estimate of drug-likeness (QED) is 0.751. The lowest BCUT2D eigenvalue weighted by atomic mass is 10.1. The Morgan fingerprint density at radius 2 is 2.00 bits per heavy atom. The SMILES string of the molecule is CC(C)CCOC(=O)C1CCC(C(=O)O)S1. The van der Waals surface area contributed by atoms with Crippen LogP contribution in [-0.4, -0.2) is 34.2 Å². The van der Waals surface area contributed by atoms with Crippen LogP contribution in [0.2, 0.25) is 0 Å². The summed E-state index contributed by atoms with van der Waals surface area (Å²) in [6, 6.07) is 0. The third-order valence-electron chi connectivity index (χ3n) is 2.50. The van der Waals surface area contributed by atoms with Crippen molar-refractivity contribution in [3.63, 3.8) is 0 Å². The van der Waals surface area contributed by atoms with E-state index in [1.165, 1.54) is 11.8 Å². The van der Waals surface area contributed by atoms with Crippen molar-refractivity contribution in [2.75, 3.05) is 6.61 Å². The molecular weight excluding hydrogens is 228 g/mol. The fraction of sp³-hybridized carbons (Fsp3) is 0.818. The summed E-state index contributed by atoms with van der Waals surface area (Å²) >= 11 is 1.21. The van der Waals surface area contributed by atoms with Crippen LogP contribution in [0, 0.1) is 5.92 Å². The first-order chi connectivity index (χ1) is 7.50. The fourth-order valence-electron chi connectivity index (χ4n) is 1.48. The number of rotatable bonds is 5. The third-order valence-corrected chi connectivity index (χ3v) is 4.02. The number of carbonyl (C=O) groups excluding carboxylic acids is 1. The molecule has 0 amide bonds. The molecule has 1 aliphatic heterocycles. The minimum atomic E-state index is -0.831. The molecule has 2 atom stereocenters. The van der Waals surface area contributed by atoms with Gasteiger partial charge in [0.15, 0.2) is 0 Å². The van der Waals surface area contributed by atoms with Crippen molar-refractivity contribution in [1.82, 2.24) is 0 Å². The van der Waals surface area contributed by atoms with Crippen LogP contribution in [0.3, 0.4) is 0 Å². The molecule has 0 aromatic heterocycles. The number of carboxylic acid groups (broad SMARTS) is 1. The van der Waals surface area contributed by atoms with Crippen molar-refractivity contribution in [3.05, 3.63) is 0 Å². The van der Waals surface area contributed by atoms with E-state index in [2.05, 4.69) is 13.8 Å². The van der Waals surface area contributed by atoms with Crippen molar-refractivity contribution >= 4 is 23.7 Å². The van der Waals surface area contributed by atoms with Gasteiger partial charge in [0, 0.05) is 0 Å². The Morgan fingerprint density at radius 1 is 1.38 bits per heavy atom. The Balaban J connectivity index is 2.26. The highest BCUT2D eigenvalue weighted by Crippen LogP contribution is 2.34. The lowest BCUT2D eigenvalue weighted by Gasteiger charge is -2.10. The predicted molar refractivity (Wildman–Crippen MR) is 62.5 cm³/mol. The van der Waals surface area contributed by atoms with Crippen molar-refractivity contribution in [3.8, 4) is 0 Å². The van der Waals surface area contributed by atoms with Crippen molar-refractivity contribution in [1.29, 1.82) is 0 Å². The van der Waals surface area contributed by atoms with E-state index in [0.717, 1.165) is 6.42 Å². The summed E-state index contributed by atoms with van der Waals surface area (Å²) < 4.78 is 5.11. The molecule has 0 spiro atoms. The molecule has 0 saturated carbocycles. The summed E-state index contributed by atoms with van der Waals surface area (Å²) in [6.45, 7) is 4.57. The molecule has 1 saturated heterocycles. The van der Waals surface area contributed by atoms with Gasteiger partial charge in [-0.25, -0.2) is 0 Å². The number of carbonyl (C=O) groups is 2. The highest BCUT2D eigenvalue weighted by molar-refractivity contribution is 8.02. The van der Waals surface area contributed by atoms with Gasteiger partial charge in [0.05, 0.1) is 6.61 Å². The molecule has 0 bridgehead atoms. The Bertz CT molecular complexity index is 265. The average Bonchev–Trinajstić information content (AvgIpc) is 2.65. The van der Waals surface area contributed by atoms with E-state index >= 15 is 0 Å². The summed E-state index contributed by atoms with van der Waals surface area (Å²) in [7, 11) is 0. The molecule has 0 radical (unpaired) electrons. The molecule has 5 heteroatoms. The molecule has 1 fully saturated rings. The fourth-order valence-corrected chi connectivity index (χ4v) is 2.72. The van der Waals surface area contributed by atoms with Crippen LogP contribution in [0.15, 0.2) is 0 Å². The van der Waals surface area contributed by atoms with Crippen LogP contribution >= 0.6 is 11.8 Å². The topological polar surface area (TPSA) is 63.6 Å². The van der Waals surface area contributed by atoms with E-state index in [-0.39, 0.29) is 11.2 Å². The molecule has 1 rings (SSSR count). The maximum atomic E-state index is 11.6. The third kappa shape index (κ3) is 4.04. The van der Waals surface area contributed by atoms with Crippen molar-refractivity contribution in [2.24, 2.45) is 5.92 Å². The van der Waals surface area contributed by atoms with Crippen LogP contribution in [0.1, 0.15) is 33.1 Å². The summed E-state index contributed by atoms with van der Waals surface area (Å²) in [5.41, 5.74) is 0. The molecule has 1 heterocycles. The van der Waals surface area contributed by atoms with Crippen LogP contribution in [0.4, 0.5) is 0 Å². The first-order valence-electron chi connectivity index (χ1n) is 5.55. The van der Waals surface area contributed by atoms with E-state index < -0.39 is 11.2 Å². The Hall–Kier alpha value is -0.710. The molecule has 2 unspecified atom stereocenters. The monoisotopic (exact) mass is 246 g/mol. The molecular formula is C11H18O4S. The maximum Gasteiger partial charge on any atom is 0.319 e. The molecule has 0 aromatic carbocycles. The van der Waals surface area contributed by atoms with E-state index in [0.29, 0.717) is 25.4 Å². The highest BCUT2D eigenvalue weighted by Gasteiger charge is 2.35. The van der Waals surface area contributed by atoms with Gasteiger partial charge in [-0.2, -0.15) is 0 Å². The zero-order valence-electron chi connectivity index (χ0n) is 9.64. The van der Waals surface area contributed by atoms with E-state index in [9.17, 15) is 9.59 Å². The van der Waals surface area contributed by atoms with Gasteiger partial charge in [-0.1, -0.05) is 13.8 Å². The summed E-state index contributed by atoms with van der Waals surface area (Å²) in [5, 5.41) is 8.06. The predicted octanol–water partition coefficient (Wildman–Crippen LogP) is 1.92. The zero-order chi connectivity index (χ0) is 12.1. The normalized spacial score (nSPS) is 24.7. The largest absolute Gasteiger partial charge is 0.480 e. The van der Waals surface area contributed by atoms with Crippen LogP contribution in [-0.2, 0) is 14.3 Å². The van der Waals surface area contributed by atoms with E-state index in [4.69, 9.17) is 9.84 Å². The first-order valence-corrected chi connectivity index (χ1v) is 6.50. The van der Waals surface area contributed by atoms with Gasteiger partial charge in [-0.05, 0) is 25.2 Å². The highest BCUT2D eigenvalue weighted by atomic mass is 32.2. The number of esters is 1. The average molecular weight is 246 g/mol. The number of aliphatic carboxylic acids is 1. The summed E-state index contributed by atoms with van der Waals surface area (Å²) in [6.07, 6.45) is 2.03. The Morgan fingerprint density at radius 3 is 2.50 bits per heavy atom. The van der Waals surface area contributed by atoms with Crippen LogP contribution in [0.5, 0.6) is 0 Å². The number of hydrogen-bond acceptors (Lipinski definition) is 4. The zero-order valence-corrected chi connectivity index (χ0v) is 10.5. The van der Waals surface area contributed by atoms with Crippen LogP contribution < -0.4 is 0 Å². The standard InChI is InChI=1S/C11H18O4S/c1-7(2)5-6-15-11(14)9-4-3-8(16-9)10(12)13/h7-9H,3-6H2,1-2H3,(H,12,13). The minimum absolute atomic E-state index is 0.255. The van der Waals surface area contributed by atoms with E-state index in [1.807, 2.05) is 0 Å². The van der Waals surface area contributed by atoms with Gasteiger partial charge in [0.2, 0.25) is 0 Å². The number of thioether (sulfide) groups is 1. The Labute approximate surface area is 99.7 Å². The van der Waals surface area contributed by atoms with E-state index in [1.54, 1.807) is 0 Å². The second-order valence-corrected chi connectivity index (χ2v) is 5.79. The minimum Gasteiger partial charge on any atom is -0.480 e. The van der Waals surface area contributed by atoms with Crippen molar-refractivity contribution < 1.29 is 19.4 Å². The Kier molecular flexibility index (Phi) is 5.12. The smallest absolute Gasteiger partial charge is 0.319 e. The molecule has 92 valence electrons. The van der Waals surface area contributed by atoms with Gasteiger partial charge < -0.3 is 9.84 Å². The van der Waals surface area contributed by atoms with Gasteiger partial charge in [-0.15, -0.1) is 11.8 Å². The lowest BCUT2D eigenvalue weighted by molar-refractivity contribution is -0.143. The number of hydrogen-bond donors (Lipinski definition) is 1. The van der Waals surface area contributed by atoms with Gasteiger partial charge in [0.1, 0.15) is 10.5 Å². The number of carboxylic acids is 1. The molecule has 1 aliphatic rings. The summed E-state index contributed by atoms with van der Waals surface area (Å²) in [5.74, 6) is -0.576. The second kappa shape index (κ2) is 6.13. The maximum absolute atomic E-state index is 11.6. The van der Waals surface area contributed by atoms with Crippen molar-refractivity contribution in [2.45, 2.75) is 43.6 Å². The molecule has 0 aliphatic carbocycles. The van der Waals surface area contributed by atoms with Crippen LogP contribution in [0.25, 0.3) is 0 Å². The van der Waals surface area contributed by atoms with Gasteiger partial charge in [-0.3, -0.25) is 9.59 Å². The summed E-state index contributed by atoms with van der Waals surface area (Å²) in [4.78, 5) is 22.3. The molecule has 16 heavy (non-hydrogen) atoms. The molecule has 4 nitrogen and oxygen atoms in total. The second-order valence-electron chi connectivity index (χ2n) is 4.38. The first kappa shape index (κ1) is 13.4.